The Kier molecular flexibility index (Phi) is 3.09. The van der Waals surface area contributed by atoms with Crippen LogP contribution in [0.1, 0.15) is 17.5 Å². The molecule has 1 aromatic rings. The fraction of sp³-hybridized carbons (Fsp3) is 0.571. The largest absolute Gasteiger partial charge is 0.486 e. The van der Waals surface area contributed by atoms with E-state index in [1.807, 2.05) is 0 Å². The summed E-state index contributed by atoms with van der Waals surface area (Å²) in [4.78, 5) is 0. The quantitative estimate of drug-likeness (QED) is 0.894. The zero-order valence-corrected chi connectivity index (χ0v) is 10.8. The van der Waals surface area contributed by atoms with Gasteiger partial charge < -0.3 is 14.8 Å². The second-order valence-corrected chi connectivity index (χ2v) is 5.12. The average molecular weight is 269 g/mol. The standard InChI is InChI=1S/C14H17F2NO2/c1-9-6-12-13(19-5-4-18-12)7-11(9)14(15,16)10-2-3-17-8-10/h6-7,10,17H,2-5,8H2,1H3. The molecule has 0 spiro atoms. The lowest BCUT2D eigenvalue weighted by Crippen LogP contribution is -2.29. The monoisotopic (exact) mass is 269 g/mol. The van der Waals surface area contributed by atoms with E-state index in [9.17, 15) is 8.78 Å². The van der Waals surface area contributed by atoms with Gasteiger partial charge >= 0.3 is 0 Å². The van der Waals surface area contributed by atoms with Gasteiger partial charge in [0.1, 0.15) is 13.2 Å². The Hall–Kier alpha value is -1.36. The maximum Gasteiger partial charge on any atom is 0.277 e. The molecular formula is C14H17F2NO2. The molecule has 1 N–H and O–H groups in total. The van der Waals surface area contributed by atoms with Gasteiger partial charge in [-0.05, 0) is 37.6 Å². The van der Waals surface area contributed by atoms with E-state index in [-0.39, 0.29) is 5.56 Å². The first-order chi connectivity index (χ1) is 9.09. The SMILES string of the molecule is Cc1cc2c(cc1C(F)(F)C1CCNC1)OCCO2. The minimum absolute atomic E-state index is 0.0606. The van der Waals surface area contributed by atoms with Crippen LogP contribution in [0.3, 0.4) is 0 Å². The summed E-state index contributed by atoms with van der Waals surface area (Å²) in [6.45, 7) is 3.59. The van der Waals surface area contributed by atoms with Gasteiger partial charge in [-0.25, -0.2) is 8.78 Å². The highest BCUT2D eigenvalue weighted by Crippen LogP contribution is 2.44. The molecular weight excluding hydrogens is 252 g/mol. The highest BCUT2D eigenvalue weighted by Gasteiger charge is 2.44. The molecule has 0 radical (unpaired) electrons. The van der Waals surface area contributed by atoms with E-state index >= 15 is 0 Å². The summed E-state index contributed by atoms with van der Waals surface area (Å²) in [5.74, 6) is -2.48. The summed E-state index contributed by atoms with van der Waals surface area (Å²) in [6.07, 6.45) is 0.501. The predicted octanol–water partition coefficient (Wildman–Crippen LogP) is 2.47. The zero-order chi connectivity index (χ0) is 13.5. The number of aryl methyl sites for hydroxylation is 1. The van der Waals surface area contributed by atoms with Crippen molar-refractivity contribution >= 4 is 0 Å². The summed E-state index contributed by atoms with van der Waals surface area (Å²) in [6, 6.07) is 3.10. The van der Waals surface area contributed by atoms with Gasteiger partial charge in [-0.3, -0.25) is 0 Å². The molecule has 2 heterocycles. The molecule has 0 saturated carbocycles. The van der Waals surface area contributed by atoms with E-state index in [0.717, 1.165) is 0 Å². The molecule has 2 aliphatic rings. The third-order valence-corrected chi connectivity index (χ3v) is 3.82. The van der Waals surface area contributed by atoms with E-state index in [2.05, 4.69) is 5.32 Å². The molecule has 104 valence electrons. The van der Waals surface area contributed by atoms with Crippen molar-refractivity contribution in [1.29, 1.82) is 0 Å². The molecule has 5 heteroatoms. The Balaban J connectivity index is 1.99. The Bertz CT molecular complexity index is 485. The molecule has 0 aliphatic carbocycles. The number of benzene rings is 1. The molecule has 1 atom stereocenters. The van der Waals surface area contributed by atoms with E-state index < -0.39 is 11.8 Å². The van der Waals surface area contributed by atoms with Crippen molar-refractivity contribution in [3.8, 4) is 11.5 Å². The van der Waals surface area contributed by atoms with Crippen LogP contribution in [0.15, 0.2) is 12.1 Å². The van der Waals surface area contributed by atoms with Gasteiger partial charge in [0.2, 0.25) is 0 Å². The first kappa shape index (κ1) is 12.7. The van der Waals surface area contributed by atoms with E-state index in [4.69, 9.17) is 9.47 Å². The van der Waals surface area contributed by atoms with Crippen LogP contribution in [0.25, 0.3) is 0 Å². The highest BCUT2D eigenvalue weighted by atomic mass is 19.3. The lowest BCUT2D eigenvalue weighted by molar-refractivity contribution is -0.0583. The number of hydrogen-bond acceptors (Lipinski definition) is 3. The molecule has 1 aromatic carbocycles. The van der Waals surface area contributed by atoms with Crippen LogP contribution in [-0.4, -0.2) is 26.3 Å². The maximum absolute atomic E-state index is 14.6. The molecule has 0 bridgehead atoms. The lowest BCUT2D eigenvalue weighted by Gasteiger charge is -2.27. The Labute approximate surface area is 110 Å². The fourth-order valence-corrected chi connectivity index (χ4v) is 2.73. The Morgan fingerprint density at radius 2 is 1.89 bits per heavy atom. The second-order valence-electron chi connectivity index (χ2n) is 5.12. The minimum Gasteiger partial charge on any atom is -0.486 e. The molecule has 2 aliphatic heterocycles. The van der Waals surface area contributed by atoms with Crippen molar-refractivity contribution in [2.24, 2.45) is 5.92 Å². The van der Waals surface area contributed by atoms with Gasteiger partial charge in [0.25, 0.3) is 5.92 Å². The van der Waals surface area contributed by atoms with E-state index in [1.54, 1.807) is 13.0 Å². The van der Waals surface area contributed by atoms with Crippen molar-refractivity contribution in [1.82, 2.24) is 5.32 Å². The van der Waals surface area contributed by atoms with Crippen LogP contribution in [-0.2, 0) is 5.92 Å². The zero-order valence-electron chi connectivity index (χ0n) is 10.8. The number of ether oxygens (including phenoxy) is 2. The van der Waals surface area contributed by atoms with Gasteiger partial charge in [0, 0.05) is 18.0 Å². The molecule has 1 saturated heterocycles. The molecule has 0 aromatic heterocycles. The van der Waals surface area contributed by atoms with Crippen LogP contribution in [0, 0.1) is 12.8 Å². The van der Waals surface area contributed by atoms with Crippen LogP contribution < -0.4 is 14.8 Å². The molecule has 1 fully saturated rings. The molecule has 3 rings (SSSR count). The number of alkyl halides is 2. The van der Waals surface area contributed by atoms with Gasteiger partial charge in [0.15, 0.2) is 11.5 Å². The topological polar surface area (TPSA) is 30.5 Å². The third kappa shape index (κ3) is 2.16. The Morgan fingerprint density at radius 1 is 1.21 bits per heavy atom. The highest BCUT2D eigenvalue weighted by molar-refractivity contribution is 5.49. The van der Waals surface area contributed by atoms with Crippen molar-refractivity contribution in [2.45, 2.75) is 19.3 Å². The summed E-state index contributed by atoms with van der Waals surface area (Å²) < 4.78 is 39.9. The number of nitrogens with one attached hydrogen (secondary N) is 1. The third-order valence-electron chi connectivity index (χ3n) is 3.82. The van der Waals surface area contributed by atoms with Crippen LogP contribution in [0.4, 0.5) is 8.78 Å². The summed E-state index contributed by atoms with van der Waals surface area (Å²) in [5.41, 5.74) is 0.617. The smallest absolute Gasteiger partial charge is 0.277 e. The predicted molar refractivity (Wildman–Crippen MR) is 67.0 cm³/mol. The summed E-state index contributed by atoms with van der Waals surface area (Å²) in [7, 11) is 0. The van der Waals surface area contributed by atoms with Crippen LogP contribution >= 0.6 is 0 Å². The van der Waals surface area contributed by atoms with Crippen molar-refractivity contribution in [2.75, 3.05) is 26.3 Å². The number of halogens is 2. The second kappa shape index (κ2) is 4.63. The molecule has 1 unspecified atom stereocenters. The van der Waals surface area contributed by atoms with Gasteiger partial charge in [0.05, 0.1) is 0 Å². The maximum atomic E-state index is 14.6. The van der Waals surface area contributed by atoms with Crippen LogP contribution in [0.5, 0.6) is 11.5 Å². The fourth-order valence-electron chi connectivity index (χ4n) is 2.73. The van der Waals surface area contributed by atoms with E-state index in [1.165, 1.54) is 6.07 Å². The lowest BCUT2D eigenvalue weighted by atomic mass is 9.90. The van der Waals surface area contributed by atoms with Gasteiger partial charge in [-0.2, -0.15) is 0 Å². The summed E-state index contributed by atoms with van der Waals surface area (Å²) in [5, 5.41) is 2.99. The van der Waals surface area contributed by atoms with Crippen molar-refractivity contribution in [3.05, 3.63) is 23.3 Å². The molecule has 3 nitrogen and oxygen atoms in total. The van der Waals surface area contributed by atoms with Gasteiger partial charge in [-0.15, -0.1) is 0 Å². The average Bonchev–Trinajstić information content (AvgIpc) is 2.92. The van der Waals surface area contributed by atoms with Crippen molar-refractivity contribution < 1.29 is 18.3 Å². The Morgan fingerprint density at radius 3 is 2.53 bits per heavy atom. The van der Waals surface area contributed by atoms with Gasteiger partial charge in [-0.1, -0.05) is 0 Å². The number of rotatable bonds is 2. The normalized spacial score (nSPS) is 22.6. The number of fused-ring (bicyclic) bond motifs is 1. The van der Waals surface area contributed by atoms with Crippen LogP contribution in [0.2, 0.25) is 0 Å². The first-order valence-electron chi connectivity index (χ1n) is 6.58. The molecule has 19 heavy (non-hydrogen) atoms. The first-order valence-corrected chi connectivity index (χ1v) is 6.58. The minimum atomic E-state index is -2.83. The number of hydrogen-bond donors (Lipinski definition) is 1. The van der Waals surface area contributed by atoms with Crippen molar-refractivity contribution in [3.63, 3.8) is 0 Å². The summed E-state index contributed by atoms with van der Waals surface area (Å²) >= 11 is 0. The van der Waals surface area contributed by atoms with E-state index in [0.29, 0.717) is 49.8 Å². The molecule has 0 amide bonds.